The summed E-state index contributed by atoms with van der Waals surface area (Å²) in [5, 5.41) is 6.41. The van der Waals surface area contributed by atoms with Crippen LogP contribution in [0.15, 0.2) is 56.3 Å². The van der Waals surface area contributed by atoms with Crippen LogP contribution < -0.4 is 10.6 Å². The number of halogens is 2. The van der Waals surface area contributed by atoms with Gasteiger partial charge in [-0.25, -0.2) is 12.7 Å². The lowest BCUT2D eigenvalue weighted by molar-refractivity contribution is 0.521. The van der Waals surface area contributed by atoms with E-state index < -0.39 is 10.0 Å². The maximum Gasteiger partial charge on any atom is 0.242 e. The molecule has 5 nitrogen and oxygen atoms in total. The summed E-state index contributed by atoms with van der Waals surface area (Å²) in [6.07, 6.45) is 0. The molecule has 0 bridgehead atoms. The molecule has 2 N–H and O–H groups in total. The number of nitrogens with zero attached hydrogens (tertiary/aromatic N) is 1. The zero-order chi connectivity index (χ0) is 17.9. The van der Waals surface area contributed by atoms with Crippen LogP contribution in [0.3, 0.4) is 0 Å². The van der Waals surface area contributed by atoms with E-state index in [0.717, 1.165) is 14.6 Å². The Morgan fingerprint density at radius 2 is 1.79 bits per heavy atom. The van der Waals surface area contributed by atoms with Crippen molar-refractivity contribution in [1.29, 1.82) is 0 Å². The standard InChI is InChI=1S/C15H15Br2N3O2S2/c1-20(2)24(21,22)12-5-3-4-11(9-12)18-15(23)19-14-7-6-10(16)8-13(14)17/h3-9H,1-2H3,(H2,18,19,23). The molecular formula is C15H15Br2N3O2S2. The lowest BCUT2D eigenvalue weighted by Gasteiger charge is -2.14. The minimum Gasteiger partial charge on any atom is -0.332 e. The molecule has 9 heteroatoms. The van der Waals surface area contributed by atoms with Crippen molar-refractivity contribution < 1.29 is 8.42 Å². The summed E-state index contributed by atoms with van der Waals surface area (Å²) in [5.74, 6) is 0. The second-order valence-corrected chi connectivity index (χ2v) is 9.35. The van der Waals surface area contributed by atoms with Gasteiger partial charge in [0.2, 0.25) is 10.0 Å². The third kappa shape index (κ3) is 4.76. The largest absolute Gasteiger partial charge is 0.332 e. The molecule has 0 saturated carbocycles. The molecule has 0 aliphatic heterocycles. The van der Waals surface area contributed by atoms with Gasteiger partial charge in [-0.1, -0.05) is 22.0 Å². The van der Waals surface area contributed by atoms with Crippen molar-refractivity contribution in [2.75, 3.05) is 24.7 Å². The quantitative estimate of drug-likeness (QED) is 0.624. The van der Waals surface area contributed by atoms with Gasteiger partial charge < -0.3 is 10.6 Å². The van der Waals surface area contributed by atoms with Crippen LogP contribution in [0.5, 0.6) is 0 Å². The van der Waals surface area contributed by atoms with Gasteiger partial charge in [-0.15, -0.1) is 0 Å². The molecule has 0 aromatic heterocycles. The first kappa shape index (κ1) is 19.3. The van der Waals surface area contributed by atoms with Crippen molar-refractivity contribution >= 4 is 70.6 Å². The Bertz CT molecular complexity index is 871. The Hall–Kier alpha value is -1.000. The fourth-order valence-electron chi connectivity index (χ4n) is 1.82. The molecule has 0 saturated heterocycles. The van der Waals surface area contributed by atoms with E-state index in [9.17, 15) is 8.42 Å². The molecule has 2 rings (SSSR count). The van der Waals surface area contributed by atoms with Gasteiger partial charge in [-0.3, -0.25) is 0 Å². The number of hydrogen-bond donors (Lipinski definition) is 2. The van der Waals surface area contributed by atoms with Crippen LogP contribution >= 0.6 is 44.1 Å². The average Bonchev–Trinajstić information content (AvgIpc) is 2.50. The van der Waals surface area contributed by atoms with Crippen LogP contribution in [0, 0.1) is 0 Å². The van der Waals surface area contributed by atoms with Crippen LogP contribution in [0.25, 0.3) is 0 Å². The first-order valence-electron chi connectivity index (χ1n) is 6.76. The predicted octanol–water partition coefficient (Wildman–Crippen LogP) is 4.27. The second kappa shape index (κ2) is 7.92. The molecule has 0 spiro atoms. The van der Waals surface area contributed by atoms with Gasteiger partial charge in [0.25, 0.3) is 0 Å². The Morgan fingerprint density at radius 1 is 1.08 bits per heavy atom. The Labute approximate surface area is 163 Å². The van der Waals surface area contributed by atoms with Crippen molar-refractivity contribution in [3.63, 3.8) is 0 Å². The van der Waals surface area contributed by atoms with Crippen molar-refractivity contribution in [2.45, 2.75) is 4.90 Å². The van der Waals surface area contributed by atoms with Crippen LogP contribution in [-0.2, 0) is 10.0 Å². The van der Waals surface area contributed by atoms with E-state index in [-0.39, 0.29) is 4.90 Å². The maximum absolute atomic E-state index is 12.2. The number of benzene rings is 2. The Balaban J connectivity index is 2.15. The summed E-state index contributed by atoms with van der Waals surface area (Å²) in [7, 11) is -0.503. The third-order valence-electron chi connectivity index (χ3n) is 3.05. The van der Waals surface area contributed by atoms with Gasteiger partial charge >= 0.3 is 0 Å². The highest BCUT2D eigenvalue weighted by molar-refractivity contribution is 9.11. The fourth-order valence-corrected chi connectivity index (χ4v) is 4.14. The molecule has 0 atom stereocenters. The summed E-state index contributed by atoms with van der Waals surface area (Å²) in [6.45, 7) is 0. The van der Waals surface area contributed by atoms with Gasteiger partial charge in [0.1, 0.15) is 0 Å². The van der Waals surface area contributed by atoms with Crippen LogP contribution in [0.1, 0.15) is 0 Å². The highest BCUT2D eigenvalue weighted by atomic mass is 79.9. The zero-order valence-electron chi connectivity index (χ0n) is 12.9. The highest BCUT2D eigenvalue weighted by Gasteiger charge is 2.17. The maximum atomic E-state index is 12.2. The molecule has 0 heterocycles. The number of anilines is 2. The van der Waals surface area contributed by atoms with Gasteiger partial charge in [-0.2, -0.15) is 0 Å². The molecule has 0 radical (unpaired) electrons. The molecule has 0 fully saturated rings. The minimum absolute atomic E-state index is 0.199. The molecule has 0 unspecified atom stereocenters. The fraction of sp³-hybridized carbons (Fsp3) is 0.133. The average molecular weight is 493 g/mol. The van der Waals surface area contributed by atoms with Crippen LogP contribution in [-0.4, -0.2) is 31.9 Å². The number of hydrogen-bond acceptors (Lipinski definition) is 3. The normalized spacial score (nSPS) is 11.4. The van der Waals surface area contributed by atoms with E-state index in [1.807, 2.05) is 18.2 Å². The molecule has 0 aliphatic rings. The number of nitrogens with one attached hydrogen (secondary N) is 2. The molecule has 2 aromatic rings. The molecule has 24 heavy (non-hydrogen) atoms. The van der Waals surface area contributed by atoms with Crippen molar-refractivity contribution in [2.24, 2.45) is 0 Å². The molecule has 0 amide bonds. The van der Waals surface area contributed by atoms with Crippen LogP contribution in [0.4, 0.5) is 11.4 Å². The number of thiocarbonyl (C=S) groups is 1. The van der Waals surface area contributed by atoms with E-state index in [1.54, 1.807) is 24.3 Å². The zero-order valence-corrected chi connectivity index (χ0v) is 17.7. The Kier molecular flexibility index (Phi) is 6.38. The van der Waals surface area contributed by atoms with E-state index in [1.165, 1.54) is 18.4 Å². The van der Waals surface area contributed by atoms with E-state index in [2.05, 4.69) is 42.5 Å². The second-order valence-electron chi connectivity index (χ2n) is 5.02. The first-order chi connectivity index (χ1) is 11.2. The van der Waals surface area contributed by atoms with E-state index in [0.29, 0.717) is 10.8 Å². The summed E-state index contributed by atoms with van der Waals surface area (Å²) in [6, 6.07) is 12.2. The van der Waals surface area contributed by atoms with Gasteiger partial charge in [0, 0.05) is 28.7 Å². The summed E-state index contributed by atoms with van der Waals surface area (Å²) in [5.41, 5.74) is 1.39. The summed E-state index contributed by atoms with van der Waals surface area (Å²) >= 11 is 12.1. The monoisotopic (exact) mass is 491 g/mol. The number of sulfonamides is 1. The topological polar surface area (TPSA) is 61.4 Å². The smallest absolute Gasteiger partial charge is 0.242 e. The van der Waals surface area contributed by atoms with Crippen molar-refractivity contribution in [3.8, 4) is 0 Å². The highest BCUT2D eigenvalue weighted by Crippen LogP contribution is 2.26. The van der Waals surface area contributed by atoms with Gasteiger partial charge in [-0.05, 0) is 64.5 Å². The summed E-state index contributed by atoms with van der Waals surface area (Å²) in [4.78, 5) is 0.199. The lowest BCUT2D eigenvalue weighted by Crippen LogP contribution is -2.23. The third-order valence-corrected chi connectivity index (χ3v) is 6.21. The van der Waals surface area contributed by atoms with E-state index >= 15 is 0 Å². The van der Waals surface area contributed by atoms with Crippen molar-refractivity contribution in [3.05, 3.63) is 51.4 Å². The number of rotatable bonds is 4. The SMILES string of the molecule is CN(C)S(=O)(=O)c1cccc(NC(=S)Nc2ccc(Br)cc2Br)c1. The predicted molar refractivity (Wildman–Crippen MR) is 109 cm³/mol. The first-order valence-corrected chi connectivity index (χ1v) is 10.2. The van der Waals surface area contributed by atoms with Crippen molar-refractivity contribution in [1.82, 2.24) is 4.31 Å². The molecular weight excluding hydrogens is 478 g/mol. The lowest BCUT2D eigenvalue weighted by atomic mass is 10.3. The Morgan fingerprint density at radius 3 is 2.42 bits per heavy atom. The van der Waals surface area contributed by atoms with Gasteiger partial charge in [0.05, 0.1) is 10.6 Å². The molecule has 2 aromatic carbocycles. The van der Waals surface area contributed by atoms with E-state index in [4.69, 9.17) is 12.2 Å². The summed E-state index contributed by atoms with van der Waals surface area (Å²) < 4.78 is 27.3. The molecule has 0 aliphatic carbocycles. The van der Waals surface area contributed by atoms with Gasteiger partial charge in [0.15, 0.2) is 5.11 Å². The minimum atomic E-state index is -3.49. The molecule has 128 valence electrons. The van der Waals surface area contributed by atoms with Crippen LogP contribution in [0.2, 0.25) is 0 Å².